The molecule has 1 aliphatic heterocycles. The number of ether oxygens (including phenoxy) is 2. The Hall–Kier alpha value is -0.820. The highest BCUT2D eigenvalue weighted by Gasteiger charge is 2.30. The van der Waals surface area contributed by atoms with Crippen LogP contribution in [0.3, 0.4) is 0 Å². The van der Waals surface area contributed by atoms with Crippen molar-refractivity contribution in [3.05, 3.63) is 33.4 Å². The molecule has 0 N–H and O–H groups in total. The molecule has 0 fully saturated rings. The van der Waals surface area contributed by atoms with E-state index in [0.29, 0.717) is 16.3 Å². The lowest BCUT2D eigenvalue weighted by atomic mass is 9.97. The summed E-state index contributed by atoms with van der Waals surface area (Å²) in [6.45, 7) is 2.90. The van der Waals surface area contributed by atoms with Crippen molar-refractivity contribution in [2.24, 2.45) is 0 Å². The van der Waals surface area contributed by atoms with E-state index in [-0.39, 0.29) is 10.2 Å². The zero-order chi connectivity index (χ0) is 14.9. The van der Waals surface area contributed by atoms with E-state index in [0.717, 1.165) is 11.1 Å². The summed E-state index contributed by atoms with van der Waals surface area (Å²) in [5.41, 5.74) is 2.54. The van der Waals surface area contributed by atoms with Crippen LogP contribution in [0.15, 0.2) is 11.6 Å². The molecule has 0 saturated carbocycles. The van der Waals surface area contributed by atoms with E-state index in [1.54, 1.807) is 12.1 Å². The minimum Gasteiger partial charge on any atom is -0.482 e. The molecule has 0 radical (unpaired) electrons. The molecule has 2 rings (SSSR count). The minimum atomic E-state index is -0.932. The zero-order valence-electron chi connectivity index (χ0n) is 11.0. The van der Waals surface area contributed by atoms with Crippen LogP contribution in [0.25, 0.3) is 6.08 Å². The fraction of sp³-hybridized carbons (Fsp3) is 0.357. The van der Waals surface area contributed by atoms with E-state index < -0.39 is 18.7 Å². The first kappa shape index (κ1) is 15.6. The third-order valence-electron chi connectivity index (χ3n) is 3.17. The molecule has 0 saturated heterocycles. The van der Waals surface area contributed by atoms with Gasteiger partial charge in [0.25, 0.3) is 0 Å². The fourth-order valence-corrected chi connectivity index (χ4v) is 2.56. The Balaban J connectivity index is 2.53. The Morgan fingerprint density at radius 1 is 1.55 bits per heavy atom. The van der Waals surface area contributed by atoms with Crippen molar-refractivity contribution in [2.75, 3.05) is 11.3 Å². The first-order valence-electron chi connectivity index (χ1n) is 5.96. The molecule has 1 aromatic rings. The molecule has 20 heavy (non-hydrogen) atoms. The summed E-state index contributed by atoms with van der Waals surface area (Å²) in [7, 11) is 0. The van der Waals surface area contributed by atoms with Gasteiger partial charge in [-0.3, -0.25) is 0 Å². The Bertz CT molecular complexity index is 586. The van der Waals surface area contributed by atoms with Crippen molar-refractivity contribution in [2.45, 2.75) is 20.0 Å². The molecule has 1 aromatic carbocycles. The smallest absolute Gasteiger partial charge is 0.338 e. The van der Waals surface area contributed by atoms with Gasteiger partial charge in [-0.25, -0.2) is 9.18 Å². The first-order valence-corrected chi connectivity index (χ1v) is 7.87. The minimum absolute atomic E-state index is 0.180. The van der Waals surface area contributed by atoms with Crippen LogP contribution in [-0.2, 0) is 9.53 Å². The second-order valence-corrected chi connectivity index (χ2v) is 5.45. The van der Waals surface area contributed by atoms with E-state index in [2.05, 4.69) is 0 Å². The van der Waals surface area contributed by atoms with E-state index in [9.17, 15) is 9.18 Å². The highest BCUT2D eigenvalue weighted by atomic mass is 127. The van der Waals surface area contributed by atoms with Crippen molar-refractivity contribution >= 4 is 46.2 Å². The SMILES string of the molecule is Cc1cc2c(c(C)c1Cl)C=C(C(=O)OCI)[C@@H](CF)O2. The Labute approximate surface area is 135 Å². The number of hydrogen-bond acceptors (Lipinski definition) is 3. The van der Waals surface area contributed by atoms with Crippen molar-refractivity contribution in [3.8, 4) is 5.75 Å². The molecule has 6 heteroatoms. The Kier molecular flexibility index (Phi) is 4.90. The number of hydrogen-bond donors (Lipinski definition) is 0. The summed E-state index contributed by atoms with van der Waals surface area (Å²) in [4.78, 5) is 11.9. The molecule has 0 bridgehead atoms. The van der Waals surface area contributed by atoms with Gasteiger partial charge in [-0.15, -0.1) is 0 Å². The summed E-state index contributed by atoms with van der Waals surface area (Å²) in [6.07, 6.45) is 0.677. The molecule has 0 spiro atoms. The second kappa shape index (κ2) is 6.30. The molecule has 108 valence electrons. The molecule has 0 aromatic heterocycles. The van der Waals surface area contributed by atoms with E-state index in [1.165, 1.54) is 0 Å². The standard InChI is InChI=1S/C14H13ClFIO3/c1-7-3-11-9(8(2)13(7)15)4-10(12(5-16)20-11)14(18)19-6-17/h3-4,12H,5-6H2,1-2H3/t12-/m1/s1. The maximum atomic E-state index is 13.1. The molecule has 0 aliphatic carbocycles. The topological polar surface area (TPSA) is 35.5 Å². The third-order valence-corrected chi connectivity index (χ3v) is 4.06. The molecule has 0 amide bonds. The summed E-state index contributed by atoms with van der Waals surface area (Å²) in [5.74, 6) is -0.0260. The van der Waals surface area contributed by atoms with Crippen LogP contribution in [0.4, 0.5) is 4.39 Å². The van der Waals surface area contributed by atoms with Crippen LogP contribution in [-0.4, -0.2) is 23.4 Å². The fourth-order valence-electron chi connectivity index (χ4n) is 2.12. The van der Waals surface area contributed by atoms with Crippen LogP contribution in [0, 0.1) is 13.8 Å². The molecular formula is C14H13ClFIO3. The van der Waals surface area contributed by atoms with Gasteiger partial charge >= 0.3 is 5.97 Å². The number of halogens is 3. The van der Waals surface area contributed by atoms with Gasteiger partial charge in [0.2, 0.25) is 0 Å². The van der Waals surface area contributed by atoms with Gasteiger partial charge in [0, 0.05) is 10.6 Å². The summed E-state index contributed by atoms with van der Waals surface area (Å²) in [6, 6.07) is 1.75. The van der Waals surface area contributed by atoms with Crippen LogP contribution < -0.4 is 4.74 Å². The van der Waals surface area contributed by atoms with Crippen LogP contribution >= 0.6 is 34.2 Å². The Morgan fingerprint density at radius 3 is 2.85 bits per heavy atom. The van der Waals surface area contributed by atoms with Crippen molar-refractivity contribution in [1.82, 2.24) is 0 Å². The zero-order valence-corrected chi connectivity index (χ0v) is 13.9. The highest BCUT2D eigenvalue weighted by Crippen LogP contribution is 2.37. The quantitative estimate of drug-likeness (QED) is 0.429. The van der Waals surface area contributed by atoms with E-state index >= 15 is 0 Å². The van der Waals surface area contributed by atoms with Gasteiger partial charge in [-0.1, -0.05) is 11.6 Å². The van der Waals surface area contributed by atoms with Gasteiger partial charge in [-0.2, -0.15) is 0 Å². The van der Waals surface area contributed by atoms with Gasteiger partial charge < -0.3 is 9.47 Å². The molecule has 1 aliphatic rings. The third kappa shape index (κ3) is 2.79. The predicted molar refractivity (Wildman–Crippen MR) is 84.3 cm³/mol. The molecule has 1 heterocycles. The summed E-state index contributed by atoms with van der Waals surface area (Å²) in [5, 5.41) is 0.615. The lowest BCUT2D eigenvalue weighted by molar-refractivity contribution is -0.137. The Morgan fingerprint density at radius 2 is 2.25 bits per heavy atom. The normalized spacial score (nSPS) is 17.1. The van der Waals surface area contributed by atoms with Crippen molar-refractivity contribution < 1.29 is 18.7 Å². The predicted octanol–water partition coefficient (Wildman–Crippen LogP) is 4.01. The molecular weight excluding hydrogens is 398 g/mol. The number of carbonyl (C=O) groups is 1. The number of esters is 1. The van der Waals surface area contributed by atoms with E-state index in [1.807, 2.05) is 36.4 Å². The number of carbonyl (C=O) groups excluding carboxylic acids is 1. The summed E-state index contributed by atoms with van der Waals surface area (Å²) < 4.78 is 23.8. The van der Waals surface area contributed by atoms with Gasteiger partial charge in [-0.05, 0) is 59.7 Å². The molecule has 0 unspecified atom stereocenters. The van der Waals surface area contributed by atoms with Gasteiger partial charge in [0.1, 0.15) is 17.0 Å². The first-order chi connectivity index (χ1) is 9.49. The second-order valence-electron chi connectivity index (χ2n) is 4.45. The van der Waals surface area contributed by atoms with Gasteiger partial charge in [0.15, 0.2) is 6.10 Å². The maximum absolute atomic E-state index is 13.1. The molecule has 3 nitrogen and oxygen atoms in total. The largest absolute Gasteiger partial charge is 0.482 e. The lowest BCUT2D eigenvalue weighted by Gasteiger charge is -2.26. The average molecular weight is 411 g/mol. The van der Waals surface area contributed by atoms with Crippen LogP contribution in [0.1, 0.15) is 16.7 Å². The monoisotopic (exact) mass is 410 g/mol. The number of benzene rings is 1. The molecule has 1 atom stereocenters. The number of alkyl halides is 2. The number of fused-ring (bicyclic) bond motifs is 1. The summed E-state index contributed by atoms with van der Waals surface area (Å²) >= 11 is 8.11. The van der Waals surface area contributed by atoms with Crippen molar-refractivity contribution in [3.63, 3.8) is 0 Å². The van der Waals surface area contributed by atoms with Crippen molar-refractivity contribution in [1.29, 1.82) is 0 Å². The maximum Gasteiger partial charge on any atom is 0.338 e. The number of aryl methyl sites for hydroxylation is 1. The highest BCUT2D eigenvalue weighted by molar-refractivity contribution is 14.1. The van der Waals surface area contributed by atoms with Gasteiger partial charge in [0.05, 0.1) is 5.57 Å². The lowest BCUT2D eigenvalue weighted by Crippen LogP contribution is -2.30. The van der Waals surface area contributed by atoms with Crippen LogP contribution in [0.5, 0.6) is 5.75 Å². The van der Waals surface area contributed by atoms with E-state index in [4.69, 9.17) is 21.1 Å². The number of rotatable bonds is 3. The average Bonchev–Trinajstić information content (AvgIpc) is 2.44. The van der Waals surface area contributed by atoms with Crippen LogP contribution in [0.2, 0.25) is 5.02 Å².